The van der Waals surface area contributed by atoms with Crippen LogP contribution in [0.4, 0.5) is 5.00 Å². The molecule has 3 heterocycles. The molecule has 30 heavy (non-hydrogen) atoms. The van der Waals surface area contributed by atoms with Crippen molar-refractivity contribution in [2.24, 2.45) is 0 Å². The van der Waals surface area contributed by atoms with Crippen LogP contribution >= 0.6 is 11.3 Å². The number of hydrogen-bond donors (Lipinski definition) is 1. The molecular formula is C22H23N3O4S. The number of anilines is 1. The zero-order valence-electron chi connectivity index (χ0n) is 17.0. The van der Waals surface area contributed by atoms with E-state index in [2.05, 4.69) is 10.3 Å². The molecule has 1 amide bonds. The number of aryl methyl sites for hydroxylation is 2. The summed E-state index contributed by atoms with van der Waals surface area (Å²) in [5, 5.41) is 3.92. The first-order valence-electron chi connectivity index (χ1n) is 10.1. The van der Waals surface area contributed by atoms with Gasteiger partial charge in [0.1, 0.15) is 10.7 Å². The van der Waals surface area contributed by atoms with Gasteiger partial charge in [-0.15, -0.1) is 11.3 Å². The number of amides is 1. The molecule has 1 N–H and O–H groups in total. The van der Waals surface area contributed by atoms with Crippen molar-refractivity contribution in [3.05, 3.63) is 56.4 Å². The fourth-order valence-corrected chi connectivity index (χ4v) is 4.65. The van der Waals surface area contributed by atoms with E-state index in [1.807, 2.05) is 0 Å². The van der Waals surface area contributed by atoms with Crippen LogP contribution in [-0.4, -0.2) is 28.0 Å². The van der Waals surface area contributed by atoms with E-state index in [-0.39, 0.29) is 11.5 Å². The first-order valence-corrected chi connectivity index (χ1v) is 10.9. The molecule has 0 spiro atoms. The highest BCUT2D eigenvalue weighted by Crippen LogP contribution is 2.28. The molecular weight excluding hydrogens is 402 g/mol. The number of nitrogens with one attached hydrogen (secondary N) is 1. The van der Waals surface area contributed by atoms with Crippen molar-refractivity contribution >= 4 is 39.1 Å². The Kier molecular flexibility index (Phi) is 5.67. The molecule has 0 fully saturated rings. The number of carbonyl (C=O) groups excluding carboxylic acids is 2. The Morgan fingerprint density at radius 1 is 1.23 bits per heavy atom. The van der Waals surface area contributed by atoms with Crippen molar-refractivity contribution < 1.29 is 14.3 Å². The van der Waals surface area contributed by atoms with Gasteiger partial charge in [0.25, 0.3) is 11.5 Å². The summed E-state index contributed by atoms with van der Waals surface area (Å²) in [5.41, 5.74) is 1.66. The zero-order chi connectivity index (χ0) is 21.3. The maximum atomic E-state index is 12.8. The minimum absolute atomic E-state index is 0.0446. The molecule has 1 aromatic carbocycles. The fourth-order valence-electron chi connectivity index (χ4n) is 3.69. The Hall–Kier alpha value is -3.00. The second-order valence-electron chi connectivity index (χ2n) is 7.32. The number of nitrogens with zero attached hydrogens (tertiary/aromatic N) is 2. The number of carbonyl (C=O) groups is 2. The molecule has 8 heteroatoms. The summed E-state index contributed by atoms with van der Waals surface area (Å²) in [4.78, 5) is 42.7. The Labute approximate surface area is 177 Å². The van der Waals surface area contributed by atoms with Gasteiger partial charge in [-0.3, -0.25) is 14.2 Å². The van der Waals surface area contributed by atoms with E-state index in [1.165, 1.54) is 11.3 Å². The van der Waals surface area contributed by atoms with Crippen LogP contribution in [0.5, 0.6) is 0 Å². The van der Waals surface area contributed by atoms with Gasteiger partial charge in [-0.05, 0) is 56.5 Å². The number of aromatic nitrogens is 2. The summed E-state index contributed by atoms with van der Waals surface area (Å²) in [7, 11) is 0. The second-order valence-corrected chi connectivity index (χ2v) is 8.38. The normalized spacial score (nSPS) is 13.5. The van der Waals surface area contributed by atoms with Crippen LogP contribution in [0.1, 0.15) is 57.6 Å². The van der Waals surface area contributed by atoms with E-state index in [9.17, 15) is 14.4 Å². The largest absolute Gasteiger partial charge is 0.462 e. The SMILES string of the molecule is CCOC(=O)c1sc(NC(=O)c2ccc3c(=O)n4c(nc3c2)CCCCC4)cc1C. The monoisotopic (exact) mass is 425 g/mol. The molecule has 0 saturated carbocycles. The Morgan fingerprint density at radius 2 is 2.07 bits per heavy atom. The van der Waals surface area contributed by atoms with Gasteiger partial charge in [-0.1, -0.05) is 6.42 Å². The molecule has 7 nitrogen and oxygen atoms in total. The molecule has 0 aliphatic carbocycles. The van der Waals surface area contributed by atoms with Crippen LogP contribution in [0.15, 0.2) is 29.1 Å². The molecule has 4 rings (SSSR count). The van der Waals surface area contributed by atoms with Crippen molar-refractivity contribution in [3.8, 4) is 0 Å². The van der Waals surface area contributed by atoms with Crippen LogP contribution < -0.4 is 10.9 Å². The van der Waals surface area contributed by atoms with Crippen molar-refractivity contribution in [3.63, 3.8) is 0 Å². The first-order chi connectivity index (χ1) is 14.5. The zero-order valence-corrected chi connectivity index (χ0v) is 17.8. The van der Waals surface area contributed by atoms with Crippen molar-refractivity contribution in [2.45, 2.75) is 46.1 Å². The number of benzene rings is 1. The summed E-state index contributed by atoms with van der Waals surface area (Å²) in [6, 6.07) is 6.71. The lowest BCUT2D eigenvalue weighted by atomic mass is 10.1. The topological polar surface area (TPSA) is 90.3 Å². The Bertz CT molecular complexity index is 1200. The summed E-state index contributed by atoms with van der Waals surface area (Å²) in [6.45, 7) is 4.55. The maximum absolute atomic E-state index is 12.8. The number of esters is 1. The van der Waals surface area contributed by atoms with E-state index in [0.717, 1.165) is 37.1 Å². The standard InChI is InChI=1S/C22H23N3O4S/c1-3-29-22(28)19-13(2)11-18(30-19)24-20(26)14-8-9-15-16(12-14)23-17-7-5-4-6-10-25(17)21(15)27/h8-9,11-12H,3-7,10H2,1-2H3,(H,24,26). The lowest BCUT2D eigenvalue weighted by molar-refractivity contribution is 0.0531. The summed E-state index contributed by atoms with van der Waals surface area (Å²) in [6.07, 6.45) is 3.85. The van der Waals surface area contributed by atoms with Crippen molar-refractivity contribution in [1.29, 1.82) is 0 Å². The molecule has 0 saturated heterocycles. The van der Waals surface area contributed by atoms with E-state index in [1.54, 1.807) is 42.7 Å². The Morgan fingerprint density at radius 3 is 2.87 bits per heavy atom. The predicted molar refractivity (Wildman–Crippen MR) is 117 cm³/mol. The van der Waals surface area contributed by atoms with E-state index >= 15 is 0 Å². The van der Waals surface area contributed by atoms with Gasteiger partial charge in [0.2, 0.25) is 0 Å². The third-order valence-corrected chi connectivity index (χ3v) is 6.33. The molecule has 0 unspecified atom stereocenters. The molecule has 1 aliphatic heterocycles. The molecule has 0 radical (unpaired) electrons. The summed E-state index contributed by atoms with van der Waals surface area (Å²) >= 11 is 1.18. The minimum atomic E-state index is -0.392. The average molecular weight is 426 g/mol. The molecule has 0 atom stereocenters. The van der Waals surface area contributed by atoms with Gasteiger partial charge in [0.05, 0.1) is 22.5 Å². The minimum Gasteiger partial charge on any atom is -0.462 e. The van der Waals surface area contributed by atoms with Gasteiger partial charge in [-0.25, -0.2) is 9.78 Å². The third kappa shape index (κ3) is 3.87. The lowest BCUT2D eigenvalue weighted by Crippen LogP contribution is -2.24. The number of ether oxygens (including phenoxy) is 1. The van der Waals surface area contributed by atoms with Crippen molar-refractivity contribution in [2.75, 3.05) is 11.9 Å². The van der Waals surface area contributed by atoms with Gasteiger partial charge >= 0.3 is 5.97 Å². The van der Waals surface area contributed by atoms with Crippen molar-refractivity contribution in [1.82, 2.24) is 9.55 Å². The van der Waals surface area contributed by atoms with Crippen LogP contribution in [-0.2, 0) is 17.7 Å². The van der Waals surface area contributed by atoms with E-state index in [0.29, 0.717) is 39.5 Å². The number of thiophene rings is 1. The van der Waals surface area contributed by atoms with E-state index < -0.39 is 5.97 Å². The van der Waals surface area contributed by atoms with Crippen LogP contribution in [0.3, 0.4) is 0 Å². The number of rotatable bonds is 4. The maximum Gasteiger partial charge on any atom is 0.348 e. The van der Waals surface area contributed by atoms with Gasteiger partial charge in [0.15, 0.2) is 0 Å². The molecule has 0 bridgehead atoms. The second kappa shape index (κ2) is 8.39. The lowest BCUT2D eigenvalue weighted by Gasteiger charge is -2.11. The molecule has 1 aliphatic rings. The van der Waals surface area contributed by atoms with Gasteiger partial charge in [0, 0.05) is 18.5 Å². The number of fused-ring (bicyclic) bond motifs is 2. The summed E-state index contributed by atoms with van der Waals surface area (Å²) < 4.78 is 6.81. The summed E-state index contributed by atoms with van der Waals surface area (Å²) in [5.74, 6) is 0.0810. The van der Waals surface area contributed by atoms with Crippen LogP contribution in [0, 0.1) is 6.92 Å². The smallest absolute Gasteiger partial charge is 0.348 e. The average Bonchev–Trinajstić information content (AvgIpc) is 2.93. The fraction of sp³-hybridized carbons (Fsp3) is 0.364. The quantitative estimate of drug-likeness (QED) is 0.640. The molecule has 2 aromatic heterocycles. The third-order valence-electron chi connectivity index (χ3n) is 5.19. The Balaban J connectivity index is 1.62. The highest BCUT2D eigenvalue weighted by molar-refractivity contribution is 7.18. The van der Waals surface area contributed by atoms with Gasteiger partial charge < -0.3 is 10.1 Å². The number of hydrogen-bond acceptors (Lipinski definition) is 6. The van der Waals surface area contributed by atoms with Gasteiger partial charge in [-0.2, -0.15) is 0 Å². The van der Waals surface area contributed by atoms with Crippen LogP contribution in [0.25, 0.3) is 10.9 Å². The van der Waals surface area contributed by atoms with Crippen LogP contribution in [0.2, 0.25) is 0 Å². The van der Waals surface area contributed by atoms with E-state index in [4.69, 9.17) is 4.74 Å². The predicted octanol–water partition coefficient (Wildman–Crippen LogP) is 3.92. The highest BCUT2D eigenvalue weighted by Gasteiger charge is 2.18. The highest BCUT2D eigenvalue weighted by atomic mass is 32.1. The molecule has 3 aromatic rings. The first kappa shape index (κ1) is 20.3. The molecule has 156 valence electrons.